The van der Waals surface area contributed by atoms with Gasteiger partial charge in [0.15, 0.2) is 11.6 Å². The van der Waals surface area contributed by atoms with Gasteiger partial charge in [0.2, 0.25) is 24.3 Å². The van der Waals surface area contributed by atoms with Gasteiger partial charge in [-0.15, -0.1) is 12.8 Å². The molecule has 1 aliphatic carbocycles. The number of rotatable bonds is 8. The van der Waals surface area contributed by atoms with Gasteiger partial charge in [-0.25, -0.2) is 14.4 Å². The Morgan fingerprint density at radius 1 is 0.886 bits per heavy atom. The standard InChI is InChI=1S/C22H27FN10.C5H5N3O.C2H2/c23-16-6-8-33(14-16)22-27-20(25-18-13-17(29-30-18)15-4-5-15)26-21(28-22)32-11-9-31(10-12-32)19-3-1-2-7-24-19;9-4-8-5-3-6-1-2-7-5;1-2/h1-3,7,13,15-16H,4-6,8-12,14H2,(H2,25,26,27,28,29,30);1-4H,(H,7,8,9);1-2H/t16-;;/m1../s1. The maximum absolute atomic E-state index is 13.9. The van der Waals surface area contributed by atoms with Gasteiger partial charge < -0.3 is 25.3 Å². The van der Waals surface area contributed by atoms with Crippen molar-refractivity contribution in [3.63, 3.8) is 0 Å². The Labute approximate surface area is 254 Å². The first-order valence-electron chi connectivity index (χ1n) is 14.3. The van der Waals surface area contributed by atoms with Crippen molar-refractivity contribution < 1.29 is 9.18 Å². The van der Waals surface area contributed by atoms with Crippen LogP contribution in [0.1, 0.15) is 30.9 Å². The molecule has 3 N–H and O–H groups in total. The molecule has 0 bridgehead atoms. The molecule has 3 fully saturated rings. The molecule has 6 heterocycles. The quantitative estimate of drug-likeness (QED) is 0.201. The van der Waals surface area contributed by atoms with Crippen molar-refractivity contribution in [3.8, 4) is 12.8 Å². The van der Waals surface area contributed by atoms with Crippen molar-refractivity contribution in [2.24, 2.45) is 0 Å². The number of hydrogen-bond acceptors (Lipinski definition) is 12. The van der Waals surface area contributed by atoms with Crippen LogP contribution in [0.2, 0.25) is 0 Å². The van der Waals surface area contributed by atoms with Gasteiger partial charge in [-0.2, -0.15) is 20.1 Å². The highest BCUT2D eigenvalue weighted by Gasteiger charge is 2.28. The minimum absolute atomic E-state index is 0.310. The zero-order valence-corrected chi connectivity index (χ0v) is 24.1. The number of pyridine rings is 1. The minimum atomic E-state index is -0.851. The largest absolute Gasteiger partial charge is 0.353 e. The average molecular weight is 600 g/mol. The molecule has 4 aromatic rings. The number of amides is 1. The van der Waals surface area contributed by atoms with Gasteiger partial charge in [-0.1, -0.05) is 6.07 Å². The molecule has 14 nitrogen and oxygen atoms in total. The van der Waals surface area contributed by atoms with E-state index in [0.29, 0.717) is 61.3 Å². The summed E-state index contributed by atoms with van der Waals surface area (Å²) in [5, 5.41) is 13.0. The maximum atomic E-state index is 13.9. The Bertz CT molecular complexity index is 1490. The van der Waals surface area contributed by atoms with Crippen molar-refractivity contribution >= 4 is 41.7 Å². The van der Waals surface area contributed by atoms with E-state index in [1.165, 1.54) is 31.4 Å². The van der Waals surface area contributed by atoms with E-state index in [-0.39, 0.29) is 0 Å². The summed E-state index contributed by atoms with van der Waals surface area (Å²) in [4.78, 5) is 42.0. The molecule has 2 aliphatic heterocycles. The lowest BCUT2D eigenvalue weighted by Crippen LogP contribution is -2.47. The summed E-state index contributed by atoms with van der Waals surface area (Å²) in [6.07, 6.45) is 16.9. The Balaban J connectivity index is 0.000000299. The van der Waals surface area contributed by atoms with Gasteiger partial charge in [0, 0.05) is 69.0 Å². The van der Waals surface area contributed by atoms with Crippen molar-refractivity contribution in [1.82, 2.24) is 40.1 Å². The number of carbonyl (C=O) groups is 1. The number of hydrogen-bond donors (Lipinski definition) is 3. The van der Waals surface area contributed by atoms with Crippen LogP contribution in [-0.2, 0) is 4.79 Å². The molecule has 4 aromatic heterocycles. The monoisotopic (exact) mass is 599 g/mol. The summed E-state index contributed by atoms with van der Waals surface area (Å²) in [6.45, 7) is 4.08. The van der Waals surface area contributed by atoms with Gasteiger partial charge in [0.25, 0.3) is 0 Å². The highest BCUT2D eigenvalue weighted by atomic mass is 19.1. The van der Waals surface area contributed by atoms with Gasteiger partial charge in [-0.05, 0) is 31.4 Å². The SMILES string of the molecule is C#C.F[C@@H]1CCN(c2nc(Nc3cc(C4CC4)[nH]n3)nc(N3CCN(c4ccccn4)CC3)n2)C1.O=CNc1cnccn1. The molecule has 2 saturated heterocycles. The highest BCUT2D eigenvalue weighted by molar-refractivity contribution is 5.67. The first-order valence-corrected chi connectivity index (χ1v) is 14.3. The zero-order valence-electron chi connectivity index (χ0n) is 24.1. The fourth-order valence-corrected chi connectivity index (χ4v) is 4.82. The predicted octanol–water partition coefficient (Wildman–Crippen LogP) is 2.78. The van der Waals surface area contributed by atoms with Gasteiger partial charge in [-0.3, -0.25) is 14.9 Å². The van der Waals surface area contributed by atoms with Crippen molar-refractivity contribution in [1.29, 1.82) is 0 Å². The average Bonchev–Trinajstić information content (AvgIpc) is 3.67. The smallest absolute Gasteiger partial charge is 0.235 e. The second-order valence-electron chi connectivity index (χ2n) is 10.2. The van der Waals surface area contributed by atoms with E-state index in [1.807, 2.05) is 35.4 Å². The zero-order chi connectivity index (χ0) is 30.7. The number of nitrogens with one attached hydrogen (secondary N) is 3. The van der Waals surface area contributed by atoms with Crippen LogP contribution in [0.5, 0.6) is 0 Å². The Kier molecular flexibility index (Phi) is 10.0. The van der Waals surface area contributed by atoms with Crippen LogP contribution in [0.3, 0.4) is 0 Å². The molecule has 15 heteroatoms. The van der Waals surface area contributed by atoms with Crippen LogP contribution in [-0.4, -0.2) is 92.0 Å². The molecule has 3 aliphatic rings. The lowest BCUT2D eigenvalue weighted by atomic mass is 10.3. The molecule has 0 aromatic carbocycles. The van der Waals surface area contributed by atoms with Crippen LogP contribution < -0.4 is 25.3 Å². The third-order valence-electron chi connectivity index (χ3n) is 7.19. The topological polar surface area (TPSA) is 157 Å². The molecular weight excluding hydrogens is 565 g/mol. The van der Waals surface area contributed by atoms with Crippen LogP contribution in [0.15, 0.2) is 49.1 Å². The first-order chi connectivity index (χ1) is 21.6. The maximum Gasteiger partial charge on any atom is 0.235 e. The number of H-pyrrole nitrogens is 1. The van der Waals surface area contributed by atoms with E-state index in [9.17, 15) is 9.18 Å². The Hall–Kier alpha value is -5.39. The van der Waals surface area contributed by atoms with E-state index in [1.54, 1.807) is 0 Å². The van der Waals surface area contributed by atoms with Gasteiger partial charge in [0.1, 0.15) is 12.0 Å². The second-order valence-corrected chi connectivity index (χ2v) is 10.2. The summed E-state index contributed by atoms with van der Waals surface area (Å²) in [5.74, 6) is 4.25. The first kappa shape index (κ1) is 30.1. The number of piperazine rings is 1. The Morgan fingerprint density at radius 3 is 2.30 bits per heavy atom. The third-order valence-corrected chi connectivity index (χ3v) is 7.19. The molecule has 1 saturated carbocycles. The normalized spacial score (nSPS) is 17.5. The van der Waals surface area contributed by atoms with Crippen LogP contribution in [0, 0.1) is 12.8 Å². The number of aromatic amines is 1. The molecule has 0 unspecified atom stereocenters. The van der Waals surface area contributed by atoms with Crippen molar-refractivity contribution in [2.75, 3.05) is 64.6 Å². The molecule has 228 valence electrons. The molecular formula is C29H34FN13O. The second kappa shape index (κ2) is 14.7. The molecule has 7 rings (SSSR count). The summed E-state index contributed by atoms with van der Waals surface area (Å²) in [5.41, 5.74) is 1.14. The Morgan fingerprint density at radius 2 is 1.66 bits per heavy atom. The lowest BCUT2D eigenvalue weighted by molar-refractivity contribution is -0.105. The van der Waals surface area contributed by atoms with E-state index >= 15 is 0 Å². The molecule has 1 amide bonds. The number of alkyl halides is 1. The van der Waals surface area contributed by atoms with Crippen molar-refractivity contribution in [2.45, 2.75) is 31.4 Å². The fraction of sp³-hybridized carbons (Fsp3) is 0.379. The number of anilines is 6. The summed E-state index contributed by atoms with van der Waals surface area (Å²) in [6, 6.07) is 7.97. The molecule has 0 spiro atoms. The molecule has 0 radical (unpaired) electrons. The lowest BCUT2D eigenvalue weighted by Gasteiger charge is -2.35. The van der Waals surface area contributed by atoms with E-state index in [4.69, 9.17) is 9.97 Å². The number of nitrogens with zero attached hydrogens (tertiary/aromatic N) is 10. The highest BCUT2D eigenvalue weighted by Crippen LogP contribution is 2.39. The van der Waals surface area contributed by atoms with Crippen LogP contribution >= 0.6 is 0 Å². The number of carbonyl (C=O) groups excluding carboxylic acids is 1. The predicted molar refractivity (Wildman–Crippen MR) is 166 cm³/mol. The molecule has 44 heavy (non-hydrogen) atoms. The van der Waals surface area contributed by atoms with Crippen LogP contribution in [0.25, 0.3) is 0 Å². The minimum Gasteiger partial charge on any atom is -0.353 e. The third kappa shape index (κ3) is 7.91. The summed E-state index contributed by atoms with van der Waals surface area (Å²) >= 11 is 0. The number of halogens is 1. The number of aromatic nitrogens is 8. The summed E-state index contributed by atoms with van der Waals surface area (Å²) < 4.78 is 13.9. The van der Waals surface area contributed by atoms with E-state index < -0.39 is 6.17 Å². The number of terminal acetylenes is 1. The summed E-state index contributed by atoms with van der Waals surface area (Å²) in [7, 11) is 0. The van der Waals surface area contributed by atoms with E-state index in [2.05, 4.69) is 63.4 Å². The van der Waals surface area contributed by atoms with Crippen molar-refractivity contribution in [3.05, 3.63) is 54.7 Å². The van der Waals surface area contributed by atoms with Gasteiger partial charge in [0.05, 0.1) is 12.7 Å². The van der Waals surface area contributed by atoms with Gasteiger partial charge >= 0.3 is 0 Å². The fourth-order valence-electron chi connectivity index (χ4n) is 4.82. The molecule has 1 atom stereocenters. The van der Waals surface area contributed by atoms with E-state index in [0.717, 1.165) is 37.7 Å². The van der Waals surface area contributed by atoms with Crippen LogP contribution in [0.4, 0.5) is 39.7 Å².